The number of nitrogens with two attached hydrogens (primary N) is 1. The number of nitrogens with zero attached hydrogens (tertiary/aromatic N) is 2. The van der Waals surface area contributed by atoms with Gasteiger partial charge in [-0.2, -0.15) is 4.98 Å². The number of carbonyl (C=O) groups is 1. The second kappa shape index (κ2) is 6.21. The molecule has 0 atom stereocenters. The molecule has 2 aromatic rings. The minimum absolute atomic E-state index is 0.0178. The molecule has 0 spiro atoms. The maximum Gasteiger partial charge on any atom is 0.318 e. The van der Waals surface area contributed by atoms with Crippen LogP contribution in [-0.2, 0) is 0 Å². The van der Waals surface area contributed by atoms with E-state index >= 15 is 0 Å². The van der Waals surface area contributed by atoms with Gasteiger partial charge in [-0.05, 0) is 18.6 Å². The second-order valence-electron chi connectivity index (χ2n) is 4.54. The molecule has 3 N–H and O–H groups in total. The number of rotatable bonds is 5. The normalized spacial score (nSPS) is 10.1. The topological polar surface area (TPSA) is 111 Å². The number of aromatic nitrogens is 2. The number of nitrogen functional groups attached to an aromatic ring is 1. The van der Waals surface area contributed by atoms with Crippen LogP contribution in [-0.4, -0.2) is 35.7 Å². The van der Waals surface area contributed by atoms with Crippen molar-refractivity contribution in [2.45, 2.75) is 6.92 Å². The zero-order valence-corrected chi connectivity index (χ0v) is 12.5. The van der Waals surface area contributed by atoms with Crippen LogP contribution in [0.3, 0.4) is 0 Å². The summed E-state index contributed by atoms with van der Waals surface area (Å²) in [6.07, 6.45) is 1.30. The van der Waals surface area contributed by atoms with Crippen LogP contribution in [0.5, 0.6) is 11.8 Å². The van der Waals surface area contributed by atoms with Gasteiger partial charge in [0.2, 0.25) is 5.78 Å². The number of hydrogen-bond donors (Lipinski definition) is 2. The van der Waals surface area contributed by atoms with E-state index in [2.05, 4.69) is 9.97 Å². The first-order valence-electron chi connectivity index (χ1n) is 6.42. The number of nitrogens with one attached hydrogen (secondary N) is 1. The van der Waals surface area contributed by atoms with Gasteiger partial charge in [0.15, 0.2) is 0 Å². The summed E-state index contributed by atoms with van der Waals surface area (Å²) >= 11 is 0. The zero-order chi connectivity index (χ0) is 16.3. The summed E-state index contributed by atoms with van der Waals surface area (Å²) in [4.78, 5) is 20.1. The van der Waals surface area contributed by atoms with E-state index in [4.69, 9.17) is 20.6 Å². The minimum Gasteiger partial charge on any atom is -0.496 e. The first-order chi connectivity index (χ1) is 10.5. The van der Waals surface area contributed by atoms with Gasteiger partial charge in [0.05, 0.1) is 19.8 Å². The predicted molar refractivity (Wildman–Crippen MR) is 81.9 cm³/mol. The summed E-state index contributed by atoms with van der Waals surface area (Å²) in [6, 6.07) is 5.06. The Hall–Kier alpha value is -2.96. The van der Waals surface area contributed by atoms with Gasteiger partial charge in [0.1, 0.15) is 17.3 Å². The molecule has 114 valence electrons. The Morgan fingerprint density at radius 3 is 2.59 bits per heavy atom. The number of ether oxygens (including phenoxy) is 2. The third kappa shape index (κ3) is 2.88. The molecule has 0 unspecified atom stereocenters. The average Bonchev–Trinajstić information content (AvgIpc) is 2.53. The fraction of sp³-hybridized carbons (Fsp3) is 0.200. The van der Waals surface area contributed by atoms with Gasteiger partial charge in [-0.15, -0.1) is 0 Å². The van der Waals surface area contributed by atoms with Gasteiger partial charge in [-0.3, -0.25) is 10.2 Å². The van der Waals surface area contributed by atoms with Crippen LogP contribution in [0.15, 0.2) is 24.4 Å². The summed E-state index contributed by atoms with van der Waals surface area (Å²) in [6.45, 7) is 1.87. The fourth-order valence-electron chi connectivity index (χ4n) is 1.90. The summed E-state index contributed by atoms with van der Waals surface area (Å²) in [5.41, 5.74) is 6.85. The minimum atomic E-state index is -0.487. The van der Waals surface area contributed by atoms with Crippen molar-refractivity contribution in [1.29, 1.82) is 5.41 Å². The third-order valence-electron chi connectivity index (χ3n) is 3.15. The molecule has 0 aliphatic rings. The Labute approximate surface area is 127 Å². The molecule has 0 fully saturated rings. The van der Waals surface area contributed by atoms with Crippen molar-refractivity contribution in [2.24, 2.45) is 0 Å². The Kier molecular flexibility index (Phi) is 4.36. The zero-order valence-electron chi connectivity index (χ0n) is 12.5. The lowest BCUT2D eigenvalue weighted by molar-refractivity contribution is 0.106. The number of carbonyl (C=O) groups excluding carboxylic acids is 1. The van der Waals surface area contributed by atoms with Crippen LogP contribution >= 0.6 is 0 Å². The molecule has 1 heterocycles. The summed E-state index contributed by atoms with van der Waals surface area (Å²) < 4.78 is 10.0. The van der Waals surface area contributed by atoms with E-state index in [1.807, 2.05) is 6.92 Å². The lowest BCUT2D eigenvalue weighted by Crippen LogP contribution is -2.17. The van der Waals surface area contributed by atoms with Gasteiger partial charge >= 0.3 is 6.01 Å². The Morgan fingerprint density at radius 1 is 1.27 bits per heavy atom. The molecule has 0 saturated heterocycles. The van der Waals surface area contributed by atoms with Gasteiger partial charge in [0.25, 0.3) is 0 Å². The van der Waals surface area contributed by atoms with Crippen molar-refractivity contribution in [3.05, 3.63) is 41.1 Å². The summed E-state index contributed by atoms with van der Waals surface area (Å²) in [5, 5.41) is 8.03. The summed E-state index contributed by atoms with van der Waals surface area (Å²) in [7, 11) is 2.93. The van der Waals surface area contributed by atoms with Crippen LogP contribution in [0.1, 0.15) is 21.5 Å². The van der Waals surface area contributed by atoms with E-state index in [-0.39, 0.29) is 23.1 Å². The van der Waals surface area contributed by atoms with Crippen LogP contribution in [0.25, 0.3) is 0 Å². The van der Waals surface area contributed by atoms with Gasteiger partial charge in [-0.1, -0.05) is 12.1 Å². The molecular weight excluding hydrogens is 284 g/mol. The number of Topliss-reactive ketones (excluding diaryl/α,β-unsaturated/α-hetero) is 1. The molecular formula is C15H16N4O3. The van der Waals surface area contributed by atoms with Crippen LogP contribution in [0.2, 0.25) is 0 Å². The molecule has 0 saturated carbocycles. The highest BCUT2D eigenvalue weighted by Crippen LogP contribution is 2.21. The highest BCUT2D eigenvalue weighted by atomic mass is 16.5. The van der Waals surface area contributed by atoms with Crippen molar-refractivity contribution in [3.8, 4) is 11.8 Å². The quantitative estimate of drug-likeness (QED) is 0.641. The molecule has 7 nitrogen and oxygen atoms in total. The van der Waals surface area contributed by atoms with Crippen LogP contribution in [0.4, 0.5) is 5.82 Å². The Bertz CT molecular complexity index is 744. The van der Waals surface area contributed by atoms with E-state index in [0.29, 0.717) is 11.3 Å². The molecule has 0 aliphatic carbocycles. The Morgan fingerprint density at radius 2 is 2.00 bits per heavy atom. The number of methoxy groups -OCH3 is 2. The molecule has 0 amide bonds. The van der Waals surface area contributed by atoms with Crippen molar-refractivity contribution in [3.63, 3.8) is 0 Å². The van der Waals surface area contributed by atoms with Crippen molar-refractivity contribution in [2.75, 3.05) is 20.0 Å². The van der Waals surface area contributed by atoms with Gasteiger partial charge in [0, 0.05) is 11.8 Å². The highest BCUT2D eigenvalue weighted by molar-refractivity contribution is 6.51. The van der Waals surface area contributed by atoms with Crippen LogP contribution < -0.4 is 15.2 Å². The predicted octanol–water partition coefficient (Wildman–Crippen LogP) is 1.64. The van der Waals surface area contributed by atoms with E-state index in [0.717, 1.165) is 5.56 Å². The SMILES string of the molecule is COc1ncc(C(=N)C(=O)c2ccc(C)c(OC)c2)c(N)n1. The van der Waals surface area contributed by atoms with E-state index in [1.165, 1.54) is 20.4 Å². The number of anilines is 1. The summed E-state index contributed by atoms with van der Waals surface area (Å²) in [5.74, 6) is 0.112. The molecule has 22 heavy (non-hydrogen) atoms. The molecule has 2 rings (SSSR count). The molecule has 1 aromatic carbocycles. The molecule has 7 heteroatoms. The molecule has 0 bridgehead atoms. The van der Waals surface area contributed by atoms with Crippen molar-refractivity contribution >= 4 is 17.3 Å². The monoisotopic (exact) mass is 300 g/mol. The molecule has 0 aliphatic heterocycles. The van der Waals surface area contributed by atoms with E-state index in [9.17, 15) is 4.79 Å². The molecule has 0 radical (unpaired) electrons. The third-order valence-corrected chi connectivity index (χ3v) is 3.15. The number of ketones is 1. The van der Waals surface area contributed by atoms with Crippen LogP contribution in [0, 0.1) is 12.3 Å². The first kappa shape index (κ1) is 15.4. The largest absolute Gasteiger partial charge is 0.496 e. The van der Waals surface area contributed by atoms with Gasteiger partial charge < -0.3 is 15.2 Å². The number of benzene rings is 1. The second-order valence-corrected chi connectivity index (χ2v) is 4.54. The first-order valence-corrected chi connectivity index (χ1v) is 6.42. The fourth-order valence-corrected chi connectivity index (χ4v) is 1.90. The smallest absolute Gasteiger partial charge is 0.318 e. The lowest BCUT2D eigenvalue weighted by Gasteiger charge is -2.09. The Balaban J connectivity index is 2.35. The molecule has 1 aromatic heterocycles. The van der Waals surface area contributed by atoms with Crippen molar-refractivity contribution < 1.29 is 14.3 Å². The van der Waals surface area contributed by atoms with Gasteiger partial charge in [-0.25, -0.2) is 4.98 Å². The standard InChI is InChI=1S/C15H16N4O3/c1-8-4-5-9(6-11(8)21-2)13(20)12(16)10-7-18-15(22-3)19-14(10)17/h4-7,16H,1-3H3,(H2,17,18,19). The van der Waals surface area contributed by atoms with E-state index < -0.39 is 5.78 Å². The average molecular weight is 300 g/mol. The number of aryl methyl sites for hydroxylation is 1. The van der Waals surface area contributed by atoms with Crippen molar-refractivity contribution in [1.82, 2.24) is 9.97 Å². The maximum absolute atomic E-state index is 12.4. The maximum atomic E-state index is 12.4. The highest BCUT2D eigenvalue weighted by Gasteiger charge is 2.19. The lowest BCUT2D eigenvalue weighted by atomic mass is 10.0. The number of hydrogen-bond acceptors (Lipinski definition) is 7. The van der Waals surface area contributed by atoms with E-state index in [1.54, 1.807) is 18.2 Å².